The summed E-state index contributed by atoms with van der Waals surface area (Å²) >= 11 is 0. The van der Waals surface area contributed by atoms with E-state index in [1.165, 1.54) is 37.7 Å². The number of hydrogen-bond donors (Lipinski definition) is 0. The summed E-state index contributed by atoms with van der Waals surface area (Å²) in [5.41, 5.74) is 1.21. The van der Waals surface area contributed by atoms with Crippen molar-refractivity contribution in [2.24, 2.45) is 5.92 Å². The molecule has 1 heteroatoms. The maximum Gasteiger partial charge on any atom is 0.137 e. The molecule has 0 heterocycles. The van der Waals surface area contributed by atoms with Crippen molar-refractivity contribution in [3.8, 4) is 0 Å². The van der Waals surface area contributed by atoms with Crippen molar-refractivity contribution >= 4 is 5.78 Å². The normalized spacial score (nSPS) is 19.3. The van der Waals surface area contributed by atoms with Crippen LogP contribution < -0.4 is 0 Å². The Kier molecular flexibility index (Phi) is 3.76. The summed E-state index contributed by atoms with van der Waals surface area (Å²) < 4.78 is 0. The van der Waals surface area contributed by atoms with Gasteiger partial charge in [0.25, 0.3) is 0 Å². The topological polar surface area (TPSA) is 17.1 Å². The van der Waals surface area contributed by atoms with Crippen LogP contribution in [0.2, 0.25) is 0 Å². The molecule has 16 heavy (non-hydrogen) atoms. The van der Waals surface area contributed by atoms with E-state index in [0.717, 1.165) is 0 Å². The third kappa shape index (κ3) is 2.52. The van der Waals surface area contributed by atoms with E-state index in [9.17, 15) is 4.79 Å². The molecule has 0 N–H and O–H groups in total. The van der Waals surface area contributed by atoms with E-state index in [0.29, 0.717) is 11.7 Å². The predicted molar refractivity (Wildman–Crippen MR) is 66.4 cm³/mol. The van der Waals surface area contributed by atoms with E-state index in [1.807, 2.05) is 18.2 Å². The molecule has 0 aromatic heterocycles. The Balaban J connectivity index is 2.20. The van der Waals surface area contributed by atoms with Crippen molar-refractivity contribution < 1.29 is 4.79 Å². The van der Waals surface area contributed by atoms with Crippen molar-refractivity contribution in [2.75, 3.05) is 0 Å². The molecular weight excluding hydrogens is 196 g/mol. The van der Waals surface area contributed by atoms with Gasteiger partial charge in [-0.15, -0.1) is 0 Å². The van der Waals surface area contributed by atoms with E-state index in [2.05, 4.69) is 12.1 Å². The zero-order chi connectivity index (χ0) is 11.4. The lowest BCUT2D eigenvalue weighted by molar-refractivity contribution is -0.119. The average Bonchev–Trinajstić information content (AvgIpc) is 2.31. The van der Waals surface area contributed by atoms with Gasteiger partial charge in [-0.2, -0.15) is 0 Å². The van der Waals surface area contributed by atoms with Crippen molar-refractivity contribution in [1.29, 1.82) is 0 Å². The molecule has 0 amide bonds. The van der Waals surface area contributed by atoms with E-state index in [1.54, 1.807) is 6.92 Å². The molecule has 1 nitrogen and oxygen atoms in total. The van der Waals surface area contributed by atoms with Crippen molar-refractivity contribution in [3.05, 3.63) is 35.9 Å². The average molecular weight is 216 g/mol. The fourth-order valence-electron chi connectivity index (χ4n) is 2.97. The van der Waals surface area contributed by atoms with Crippen molar-refractivity contribution in [3.63, 3.8) is 0 Å². The van der Waals surface area contributed by atoms with Gasteiger partial charge < -0.3 is 0 Å². The molecular formula is C15H20O. The van der Waals surface area contributed by atoms with Gasteiger partial charge in [-0.3, -0.25) is 4.79 Å². The molecule has 0 bridgehead atoms. The summed E-state index contributed by atoms with van der Waals surface area (Å²) in [6, 6.07) is 10.3. The fraction of sp³-hybridized carbons (Fsp3) is 0.533. The molecule has 2 rings (SSSR count). The van der Waals surface area contributed by atoms with E-state index >= 15 is 0 Å². The van der Waals surface area contributed by atoms with Gasteiger partial charge in [-0.25, -0.2) is 0 Å². The van der Waals surface area contributed by atoms with Crippen LogP contribution >= 0.6 is 0 Å². The van der Waals surface area contributed by atoms with Crippen LogP contribution in [0.25, 0.3) is 0 Å². The Hall–Kier alpha value is -1.11. The smallest absolute Gasteiger partial charge is 0.137 e. The number of rotatable bonds is 3. The minimum absolute atomic E-state index is 0.140. The van der Waals surface area contributed by atoms with Gasteiger partial charge in [-0.1, -0.05) is 49.6 Å². The first-order chi connectivity index (χ1) is 7.79. The molecule has 1 aromatic carbocycles. The maximum absolute atomic E-state index is 11.8. The second-order valence-corrected chi connectivity index (χ2v) is 4.90. The second-order valence-electron chi connectivity index (χ2n) is 4.90. The summed E-state index contributed by atoms with van der Waals surface area (Å²) in [5.74, 6) is 1.05. The highest BCUT2D eigenvalue weighted by molar-refractivity contribution is 5.83. The largest absolute Gasteiger partial charge is 0.299 e. The van der Waals surface area contributed by atoms with Crippen LogP contribution in [-0.4, -0.2) is 5.78 Å². The molecule has 86 valence electrons. The minimum atomic E-state index is 0.140. The minimum Gasteiger partial charge on any atom is -0.299 e. The van der Waals surface area contributed by atoms with Crippen LogP contribution in [-0.2, 0) is 4.79 Å². The molecule has 0 radical (unpaired) electrons. The summed E-state index contributed by atoms with van der Waals surface area (Å²) in [6.45, 7) is 1.74. The monoisotopic (exact) mass is 216 g/mol. The highest BCUT2D eigenvalue weighted by Gasteiger charge is 2.28. The maximum atomic E-state index is 11.8. The molecule has 1 atom stereocenters. The fourth-order valence-corrected chi connectivity index (χ4v) is 2.97. The Morgan fingerprint density at radius 3 is 2.31 bits per heavy atom. The molecule has 1 saturated carbocycles. The quantitative estimate of drug-likeness (QED) is 0.748. The standard InChI is InChI=1S/C15H20O/c1-12(16)15(13-8-4-2-5-9-13)14-10-6-3-7-11-14/h2,4-5,8-9,14-15H,3,6-7,10-11H2,1H3. The lowest BCUT2D eigenvalue weighted by atomic mass is 9.75. The zero-order valence-corrected chi connectivity index (χ0v) is 9.99. The van der Waals surface area contributed by atoms with Gasteiger partial charge in [0.15, 0.2) is 0 Å². The SMILES string of the molecule is CC(=O)C(c1ccccc1)C1CCCCC1. The number of ketones is 1. The first-order valence-electron chi connectivity index (χ1n) is 6.34. The summed E-state index contributed by atoms with van der Waals surface area (Å²) in [7, 11) is 0. The van der Waals surface area contributed by atoms with Crippen LogP contribution in [0.15, 0.2) is 30.3 Å². The molecule has 0 spiro atoms. The van der Waals surface area contributed by atoms with Crippen molar-refractivity contribution in [2.45, 2.75) is 44.9 Å². The molecule has 0 saturated heterocycles. The number of Topliss-reactive ketones (excluding diaryl/α,β-unsaturated/α-hetero) is 1. The van der Waals surface area contributed by atoms with Gasteiger partial charge >= 0.3 is 0 Å². The summed E-state index contributed by atoms with van der Waals surface area (Å²) in [4.78, 5) is 11.8. The van der Waals surface area contributed by atoms with Crippen LogP contribution in [0, 0.1) is 5.92 Å². The highest BCUT2D eigenvalue weighted by Crippen LogP contribution is 2.36. The van der Waals surface area contributed by atoms with Gasteiger partial charge in [0.2, 0.25) is 0 Å². The summed E-state index contributed by atoms with van der Waals surface area (Å²) in [6.07, 6.45) is 6.37. The molecule has 0 aliphatic heterocycles. The van der Waals surface area contributed by atoms with Gasteiger partial charge in [-0.05, 0) is 31.2 Å². The lowest BCUT2D eigenvalue weighted by Crippen LogP contribution is -2.22. The first kappa shape index (κ1) is 11.4. The number of hydrogen-bond acceptors (Lipinski definition) is 1. The summed E-state index contributed by atoms with van der Waals surface area (Å²) in [5, 5.41) is 0. The van der Waals surface area contributed by atoms with E-state index < -0.39 is 0 Å². The molecule has 1 aliphatic rings. The lowest BCUT2D eigenvalue weighted by Gasteiger charge is -2.28. The van der Waals surface area contributed by atoms with Crippen LogP contribution in [0.3, 0.4) is 0 Å². The van der Waals surface area contributed by atoms with Crippen LogP contribution in [0.1, 0.15) is 50.5 Å². The third-order valence-electron chi connectivity index (χ3n) is 3.72. The zero-order valence-electron chi connectivity index (χ0n) is 9.99. The molecule has 1 fully saturated rings. The van der Waals surface area contributed by atoms with E-state index in [4.69, 9.17) is 0 Å². The van der Waals surface area contributed by atoms with Crippen LogP contribution in [0.4, 0.5) is 0 Å². The Morgan fingerprint density at radius 1 is 1.12 bits per heavy atom. The van der Waals surface area contributed by atoms with Gasteiger partial charge in [0.1, 0.15) is 5.78 Å². The number of carbonyl (C=O) groups is 1. The number of carbonyl (C=O) groups excluding carboxylic acids is 1. The van der Waals surface area contributed by atoms with Crippen LogP contribution in [0.5, 0.6) is 0 Å². The van der Waals surface area contributed by atoms with E-state index in [-0.39, 0.29) is 5.92 Å². The Morgan fingerprint density at radius 2 is 1.75 bits per heavy atom. The predicted octanol–water partition coefficient (Wildman–Crippen LogP) is 3.94. The third-order valence-corrected chi connectivity index (χ3v) is 3.72. The van der Waals surface area contributed by atoms with Crippen molar-refractivity contribution in [1.82, 2.24) is 0 Å². The Bertz CT molecular complexity index is 336. The highest BCUT2D eigenvalue weighted by atomic mass is 16.1. The molecule has 1 unspecified atom stereocenters. The second kappa shape index (κ2) is 5.29. The molecule has 1 aliphatic carbocycles. The number of benzene rings is 1. The molecule has 1 aromatic rings. The van der Waals surface area contributed by atoms with Gasteiger partial charge in [0.05, 0.1) is 0 Å². The van der Waals surface area contributed by atoms with Gasteiger partial charge in [0, 0.05) is 5.92 Å². The Labute approximate surface area is 97.9 Å². The first-order valence-corrected chi connectivity index (χ1v) is 6.34.